The van der Waals surface area contributed by atoms with E-state index in [4.69, 9.17) is 4.74 Å². The van der Waals surface area contributed by atoms with Crippen molar-refractivity contribution < 1.29 is 17.5 Å². The normalized spacial score (nSPS) is 17.1. The molecule has 0 spiro atoms. The molecule has 27 heavy (non-hydrogen) atoms. The van der Waals surface area contributed by atoms with Gasteiger partial charge in [0.25, 0.3) is 0 Å². The molecule has 0 aromatic heterocycles. The number of rotatable bonds is 7. The van der Waals surface area contributed by atoms with Crippen molar-refractivity contribution in [1.29, 1.82) is 0 Å². The number of guanidine groups is 1. The van der Waals surface area contributed by atoms with Crippen LogP contribution in [0.4, 0.5) is 4.39 Å². The van der Waals surface area contributed by atoms with Gasteiger partial charge in [-0.15, -0.1) is 24.0 Å². The van der Waals surface area contributed by atoms with Crippen molar-refractivity contribution >= 4 is 39.8 Å². The van der Waals surface area contributed by atoms with Gasteiger partial charge in [0.2, 0.25) is 0 Å². The maximum absolute atomic E-state index is 13.3. The molecule has 0 amide bonds. The molecule has 0 bridgehead atoms. The molecule has 1 unspecified atom stereocenters. The van der Waals surface area contributed by atoms with E-state index in [9.17, 15) is 12.8 Å². The summed E-state index contributed by atoms with van der Waals surface area (Å²) in [4.78, 5) is 6.41. The van der Waals surface area contributed by atoms with E-state index in [1.807, 2.05) is 0 Å². The highest BCUT2D eigenvalue weighted by Gasteiger charge is 2.23. The molecule has 10 heteroatoms. The van der Waals surface area contributed by atoms with Gasteiger partial charge in [-0.2, -0.15) is 0 Å². The Hall–Kier alpha value is -0.980. The molecule has 154 valence electrons. The fourth-order valence-electron chi connectivity index (χ4n) is 2.80. The van der Waals surface area contributed by atoms with Gasteiger partial charge in [0.05, 0.1) is 25.0 Å². The second kappa shape index (κ2) is 11.8. The lowest BCUT2D eigenvalue weighted by atomic mass is 10.0. The van der Waals surface area contributed by atoms with Crippen LogP contribution in [-0.2, 0) is 14.6 Å². The summed E-state index contributed by atoms with van der Waals surface area (Å²) in [5.41, 5.74) is 1.01. The van der Waals surface area contributed by atoms with Gasteiger partial charge in [0.1, 0.15) is 15.7 Å². The number of nitrogens with one attached hydrogen (secondary N) is 2. The Morgan fingerprint density at radius 2 is 1.89 bits per heavy atom. The second-order valence-corrected chi connectivity index (χ2v) is 8.49. The molecule has 1 saturated heterocycles. The average Bonchev–Trinajstić information content (AvgIpc) is 2.61. The maximum atomic E-state index is 13.3. The van der Waals surface area contributed by atoms with Crippen LogP contribution in [0.3, 0.4) is 0 Å². The molecule has 1 aromatic rings. The van der Waals surface area contributed by atoms with E-state index in [-0.39, 0.29) is 48.1 Å². The van der Waals surface area contributed by atoms with Gasteiger partial charge in [-0.1, -0.05) is 12.1 Å². The molecule has 0 aliphatic carbocycles. The van der Waals surface area contributed by atoms with Crippen LogP contribution in [0.5, 0.6) is 0 Å². The van der Waals surface area contributed by atoms with Crippen molar-refractivity contribution in [1.82, 2.24) is 15.5 Å². The molecule has 0 radical (unpaired) electrons. The number of morpholine rings is 1. The summed E-state index contributed by atoms with van der Waals surface area (Å²) in [5, 5.41) is 6.24. The first-order valence-electron chi connectivity index (χ1n) is 8.58. The van der Waals surface area contributed by atoms with Gasteiger partial charge < -0.3 is 15.4 Å². The van der Waals surface area contributed by atoms with Crippen LogP contribution >= 0.6 is 24.0 Å². The summed E-state index contributed by atoms with van der Waals surface area (Å²) in [6, 6.07) is 6.53. The zero-order chi connectivity index (χ0) is 19.0. The number of ether oxygens (including phenoxy) is 1. The van der Waals surface area contributed by atoms with Crippen LogP contribution in [0.15, 0.2) is 29.3 Å². The minimum Gasteiger partial charge on any atom is -0.379 e. The van der Waals surface area contributed by atoms with Crippen molar-refractivity contribution in [2.24, 2.45) is 4.99 Å². The lowest BCUT2D eigenvalue weighted by molar-refractivity contribution is 0.0170. The standard InChI is InChI=1S/C17H27FN4O3S.HI/c1-19-17(20-7-12-26(2,23)24)21-13-16(22-8-10-25-11-9-22)14-3-5-15(18)6-4-14;/h3-6,16H,7-13H2,1-2H3,(H2,19,20,21);1H. The first-order chi connectivity index (χ1) is 12.4. The summed E-state index contributed by atoms with van der Waals surface area (Å²) < 4.78 is 41.2. The van der Waals surface area contributed by atoms with Crippen molar-refractivity contribution in [3.8, 4) is 0 Å². The molecule has 7 nitrogen and oxygen atoms in total. The van der Waals surface area contributed by atoms with Crippen LogP contribution in [0.25, 0.3) is 0 Å². The fourth-order valence-corrected chi connectivity index (χ4v) is 3.27. The molecule has 1 fully saturated rings. The summed E-state index contributed by atoms with van der Waals surface area (Å²) in [7, 11) is -1.39. The third-order valence-electron chi connectivity index (χ3n) is 4.19. The van der Waals surface area contributed by atoms with Gasteiger partial charge in [-0.3, -0.25) is 9.89 Å². The number of benzene rings is 1. The Balaban J connectivity index is 0.00000364. The summed E-state index contributed by atoms with van der Waals surface area (Å²) >= 11 is 0. The lowest BCUT2D eigenvalue weighted by Gasteiger charge is -2.35. The Bertz CT molecular complexity index is 695. The monoisotopic (exact) mass is 514 g/mol. The maximum Gasteiger partial charge on any atom is 0.191 e. The van der Waals surface area contributed by atoms with E-state index in [1.54, 1.807) is 19.2 Å². The smallest absolute Gasteiger partial charge is 0.191 e. The molecule has 2 rings (SSSR count). The van der Waals surface area contributed by atoms with Crippen molar-refractivity contribution in [3.63, 3.8) is 0 Å². The van der Waals surface area contributed by atoms with Gasteiger partial charge in [-0.05, 0) is 17.7 Å². The lowest BCUT2D eigenvalue weighted by Crippen LogP contribution is -2.46. The zero-order valence-electron chi connectivity index (χ0n) is 15.7. The first-order valence-corrected chi connectivity index (χ1v) is 10.6. The summed E-state index contributed by atoms with van der Waals surface area (Å²) in [5.74, 6) is 0.313. The van der Waals surface area contributed by atoms with E-state index in [0.717, 1.165) is 18.7 Å². The third-order valence-corrected chi connectivity index (χ3v) is 5.14. The molecule has 2 N–H and O–H groups in total. The van der Waals surface area contributed by atoms with E-state index >= 15 is 0 Å². The molecule has 1 aromatic carbocycles. The number of hydrogen-bond donors (Lipinski definition) is 2. The van der Waals surface area contributed by atoms with E-state index in [2.05, 4.69) is 20.5 Å². The second-order valence-electron chi connectivity index (χ2n) is 6.23. The Morgan fingerprint density at radius 1 is 1.26 bits per heavy atom. The number of hydrogen-bond acceptors (Lipinski definition) is 5. The number of nitrogens with zero attached hydrogens (tertiary/aromatic N) is 2. The molecular formula is C17H28FIN4O3S. The van der Waals surface area contributed by atoms with Crippen LogP contribution in [0, 0.1) is 5.82 Å². The highest BCUT2D eigenvalue weighted by Crippen LogP contribution is 2.21. The molecule has 1 heterocycles. The van der Waals surface area contributed by atoms with Gasteiger partial charge in [-0.25, -0.2) is 12.8 Å². The highest BCUT2D eigenvalue weighted by atomic mass is 127. The highest BCUT2D eigenvalue weighted by molar-refractivity contribution is 14.0. The number of aliphatic imine (C=N–C) groups is 1. The van der Waals surface area contributed by atoms with E-state index in [0.29, 0.717) is 25.7 Å². The van der Waals surface area contributed by atoms with Crippen LogP contribution in [0.2, 0.25) is 0 Å². The van der Waals surface area contributed by atoms with Gasteiger partial charge >= 0.3 is 0 Å². The van der Waals surface area contributed by atoms with Gasteiger partial charge in [0, 0.05) is 39.5 Å². The molecule has 1 aliphatic rings. The summed E-state index contributed by atoms with van der Waals surface area (Å²) in [6.07, 6.45) is 1.20. The molecule has 1 atom stereocenters. The van der Waals surface area contributed by atoms with Crippen molar-refractivity contribution in [2.45, 2.75) is 6.04 Å². The number of sulfone groups is 1. The van der Waals surface area contributed by atoms with Crippen molar-refractivity contribution in [3.05, 3.63) is 35.6 Å². The third kappa shape index (κ3) is 8.71. The molecule has 1 aliphatic heterocycles. The molecule has 0 saturated carbocycles. The van der Waals surface area contributed by atoms with Gasteiger partial charge in [0.15, 0.2) is 5.96 Å². The SMILES string of the molecule is CN=C(NCCS(C)(=O)=O)NCC(c1ccc(F)cc1)N1CCOCC1.I. The molecular weight excluding hydrogens is 486 g/mol. The first kappa shape index (κ1) is 24.1. The minimum atomic E-state index is -3.03. The van der Waals surface area contributed by atoms with Crippen molar-refractivity contribution in [2.75, 3.05) is 58.4 Å². The Kier molecular flexibility index (Phi) is 10.5. The van der Waals surface area contributed by atoms with E-state index in [1.165, 1.54) is 18.4 Å². The minimum absolute atomic E-state index is 0. The van der Waals surface area contributed by atoms with E-state index < -0.39 is 9.84 Å². The fraction of sp³-hybridized carbons (Fsp3) is 0.588. The largest absolute Gasteiger partial charge is 0.379 e. The average molecular weight is 514 g/mol. The quantitative estimate of drug-likeness (QED) is 0.322. The Labute approximate surface area is 177 Å². The van der Waals surface area contributed by atoms with Crippen LogP contribution in [0.1, 0.15) is 11.6 Å². The van der Waals surface area contributed by atoms with Crippen LogP contribution < -0.4 is 10.6 Å². The predicted molar refractivity (Wildman–Crippen MR) is 116 cm³/mol. The number of halogens is 2. The predicted octanol–water partition coefficient (Wildman–Crippen LogP) is 1.03. The zero-order valence-corrected chi connectivity index (χ0v) is 18.8. The van der Waals surface area contributed by atoms with Crippen LogP contribution in [-0.4, -0.2) is 77.7 Å². The Morgan fingerprint density at radius 3 is 2.44 bits per heavy atom. The topological polar surface area (TPSA) is 83.0 Å². The summed E-state index contributed by atoms with van der Waals surface area (Å²) in [6.45, 7) is 3.77.